The number of hydrogen-bond acceptors (Lipinski definition) is 6. The number of carbonyl (C=O) groups is 1. The van der Waals surface area contributed by atoms with Crippen LogP contribution in [-0.2, 0) is 6.42 Å². The van der Waals surface area contributed by atoms with Crippen LogP contribution in [0.2, 0.25) is 0 Å². The van der Waals surface area contributed by atoms with Crippen molar-refractivity contribution in [3.05, 3.63) is 53.3 Å². The number of carbonyl (C=O) groups excluding carboxylic acids is 1. The lowest BCUT2D eigenvalue weighted by molar-refractivity contribution is 0.0551. The van der Waals surface area contributed by atoms with E-state index in [1.807, 2.05) is 12.1 Å². The van der Waals surface area contributed by atoms with Crippen LogP contribution >= 0.6 is 0 Å². The molecular formula is C22H20O6. The van der Waals surface area contributed by atoms with Gasteiger partial charge in [-0.2, -0.15) is 0 Å². The number of fused-ring (bicyclic) bond motifs is 6. The molecule has 6 heteroatoms. The second-order valence-corrected chi connectivity index (χ2v) is 7.11. The van der Waals surface area contributed by atoms with Gasteiger partial charge in [0.2, 0.25) is 0 Å². The number of allylic oxidation sites excluding steroid dienone is 1. The van der Waals surface area contributed by atoms with Gasteiger partial charge >= 0.3 is 0 Å². The Morgan fingerprint density at radius 1 is 1.07 bits per heavy atom. The van der Waals surface area contributed by atoms with Gasteiger partial charge in [0.05, 0.1) is 31.5 Å². The van der Waals surface area contributed by atoms with Gasteiger partial charge in [0.25, 0.3) is 0 Å². The molecule has 3 aliphatic rings. The molecule has 0 spiro atoms. The number of ketones is 1. The van der Waals surface area contributed by atoms with Crippen LogP contribution in [0.4, 0.5) is 0 Å². The zero-order valence-electron chi connectivity index (χ0n) is 15.7. The number of benzene rings is 2. The highest BCUT2D eigenvalue weighted by atomic mass is 16.5. The zero-order chi connectivity index (χ0) is 19.4. The molecule has 5 rings (SSSR count). The van der Waals surface area contributed by atoms with E-state index in [-0.39, 0.29) is 12.4 Å². The van der Waals surface area contributed by atoms with E-state index in [1.54, 1.807) is 26.4 Å². The van der Waals surface area contributed by atoms with Crippen LogP contribution in [0.15, 0.2) is 36.6 Å². The van der Waals surface area contributed by atoms with Crippen LogP contribution < -0.4 is 23.7 Å². The Bertz CT molecular complexity index is 1010. The monoisotopic (exact) mass is 380 g/mol. The molecule has 0 unspecified atom stereocenters. The standard InChI is InChI=1S/C22H20O6/c1-11-4-5-12-15(27-11)7-6-13-21(23)20-14-8-17(24-2)18(25-3)9-16(14)26-10-19(20)28-22(12)13/h6-9,19-20H,1,4-5,10H2,2-3H3/t19-,20+/m1/s1. The van der Waals surface area contributed by atoms with E-state index < -0.39 is 12.0 Å². The van der Waals surface area contributed by atoms with E-state index in [0.717, 1.165) is 23.3 Å². The van der Waals surface area contributed by atoms with Crippen molar-refractivity contribution in [1.82, 2.24) is 0 Å². The van der Waals surface area contributed by atoms with E-state index in [1.165, 1.54) is 0 Å². The minimum absolute atomic E-state index is 0.0234. The van der Waals surface area contributed by atoms with E-state index >= 15 is 0 Å². The molecule has 0 amide bonds. The third-order valence-electron chi connectivity index (χ3n) is 5.57. The first-order valence-electron chi connectivity index (χ1n) is 9.21. The molecule has 28 heavy (non-hydrogen) atoms. The second-order valence-electron chi connectivity index (χ2n) is 7.11. The summed E-state index contributed by atoms with van der Waals surface area (Å²) in [7, 11) is 3.14. The van der Waals surface area contributed by atoms with Crippen molar-refractivity contribution in [1.29, 1.82) is 0 Å². The molecule has 0 aliphatic carbocycles. The zero-order valence-corrected chi connectivity index (χ0v) is 15.7. The van der Waals surface area contributed by atoms with Crippen molar-refractivity contribution in [3.8, 4) is 28.7 Å². The van der Waals surface area contributed by atoms with Crippen molar-refractivity contribution >= 4 is 5.78 Å². The van der Waals surface area contributed by atoms with Crippen LogP contribution in [0, 0.1) is 0 Å². The van der Waals surface area contributed by atoms with E-state index in [0.29, 0.717) is 40.7 Å². The first-order valence-corrected chi connectivity index (χ1v) is 9.21. The minimum Gasteiger partial charge on any atom is -0.493 e. The third-order valence-corrected chi connectivity index (χ3v) is 5.57. The molecule has 0 radical (unpaired) electrons. The van der Waals surface area contributed by atoms with Crippen molar-refractivity contribution in [2.45, 2.75) is 24.9 Å². The maximum Gasteiger partial charge on any atom is 0.178 e. The average Bonchev–Trinajstić information content (AvgIpc) is 2.72. The Morgan fingerprint density at radius 2 is 1.86 bits per heavy atom. The Kier molecular flexibility index (Phi) is 3.75. The Hall–Kier alpha value is -3.15. The summed E-state index contributed by atoms with van der Waals surface area (Å²) in [6.07, 6.45) is 1.05. The summed E-state index contributed by atoms with van der Waals surface area (Å²) in [4.78, 5) is 13.5. The number of ether oxygens (including phenoxy) is 5. The van der Waals surface area contributed by atoms with Crippen molar-refractivity contribution in [3.63, 3.8) is 0 Å². The highest BCUT2D eigenvalue weighted by Crippen LogP contribution is 2.49. The first-order chi connectivity index (χ1) is 13.6. The molecule has 3 heterocycles. The fourth-order valence-electron chi connectivity index (χ4n) is 4.19. The number of rotatable bonds is 2. The highest BCUT2D eigenvalue weighted by molar-refractivity contribution is 6.06. The molecule has 2 atom stereocenters. The molecule has 0 saturated carbocycles. The molecule has 6 nitrogen and oxygen atoms in total. The van der Waals surface area contributed by atoms with Crippen LogP contribution in [0.3, 0.4) is 0 Å². The average molecular weight is 380 g/mol. The summed E-state index contributed by atoms with van der Waals surface area (Å²) in [5.41, 5.74) is 2.26. The van der Waals surface area contributed by atoms with E-state index in [4.69, 9.17) is 23.7 Å². The summed E-state index contributed by atoms with van der Waals surface area (Å²) >= 11 is 0. The molecule has 144 valence electrons. The lowest BCUT2D eigenvalue weighted by Gasteiger charge is -2.38. The highest BCUT2D eigenvalue weighted by Gasteiger charge is 2.44. The van der Waals surface area contributed by atoms with Crippen molar-refractivity contribution in [2.75, 3.05) is 20.8 Å². The molecule has 2 aromatic rings. The molecule has 0 N–H and O–H groups in total. The fourth-order valence-corrected chi connectivity index (χ4v) is 4.19. The number of Topliss-reactive ketones (excluding diaryl/α,β-unsaturated/α-hetero) is 1. The van der Waals surface area contributed by atoms with Gasteiger partial charge in [0.1, 0.15) is 30.0 Å². The summed E-state index contributed by atoms with van der Waals surface area (Å²) < 4.78 is 28.7. The summed E-state index contributed by atoms with van der Waals surface area (Å²) in [6, 6.07) is 7.18. The summed E-state index contributed by atoms with van der Waals surface area (Å²) in [5.74, 6) is 3.37. The van der Waals surface area contributed by atoms with Crippen LogP contribution in [-0.4, -0.2) is 32.7 Å². The predicted molar refractivity (Wildman–Crippen MR) is 101 cm³/mol. The summed E-state index contributed by atoms with van der Waals surface area (Å²) in [5, 5.41) is 0. The van der Waals surface area contributed by atoms with Crippen LogP contribution in [0.5, 0.6) is 28.7 Å². The van der Waals surface area contributed by atoms with Crippen molar-refractivity contribution in [2.24, 2.45) is 0 Å². The largest absolute Gasteiger partial charge is 0.493 e. The lowest BCUT2D eigenvalue weighted by atomic mass is 9.81. The van der Waals surface area contributed by atoms with Crippen LogP contribution in [0.25, 0.3) is 0 Å². The normalized spacial score (nSPS) is 21.8. The van der Waals surface area contributed by atoms with Gasteiger partial charge in [0, 0.05) is 23.6 Å². The van der Waals surface area contributed by atoms with Crippen molar-refractivity contribution < 1.29 is 28.5 Å². The van der Waals surface area contributed by atoms with Gasteiger partial charge in [0.15, 0.2) is 17.3 Å². The molecule has 0 fully saturated rings. The Balaban J connectivity index is 1.61. The Morgan fingerprint density at radius 3 is 2.64 bits per heavy atom. The quantitative estimate of drug-likeness (QED) is 0.792. The number of methoxy groups -OCH3 is 2. The smallest absolute Gasteiger partial charge is 0.178 e. The second kappa shape index (κ2) is 6.19. The van der Waals surface area contributed by atoms with Gasteiger partial charge in [-0.25, -0.2) is 0 Å². The molecule has 0 bridgehead atoms. The lowest BCUT2D eigenvalue weighted by Crippen LogP contribution is -2.43. The maximum atomic E-state index is 13.5. The minimum atomic E-state index is -0.450. The van der Waals surface area contributed by atoms with E-state index in [2.05, 4.69) is 6.58 Å². The molecule has 2 aromatic carbocycles. The Labute approximate surface area is 162 Å². The van der Waals surface area contributed by atoms with Crippen LogP contribution in [0.1, 0.15) is 33.8 Å². The maximum absolute atomic E-state index is 13.5. The van der Waals surface area contributed by atoms with Gasteiger partial charge in [-0.1, -0.05) is 6.58 Å². The fraction of sp³-hybridized carbons (Fsp3) is 0.318. The third kappa shape index (κ3) is 2.37. The molecule has 0 saturated heterocycles. The van der Waals surface area contributed by atoms with Gasteiger partial charge in [-0.3, -0.25) is 4.79 Å². The SMILES string of the molecule is C=C1CCc2c(ccc3c2O[C@@H]2COc4cc(OC)c(OC)cc4[C@@H]2C3=O)O1. The molecule has 0 aromatic heterocycles. The molecular weight excluding hydrogens is 360 g/mol. The number of hydrogen-bond donors (Lipinski definition) is 0. The molecule has 3 aliphatic heterocycles. The van der Waals surface area contributed by atoms with E-state index in [9.17, 15) is 4.79 Å². The predicted octanol–water partition coefficient (Wildman–Crippen LogP) is 3.66. The van der Waals surface area contributed by atoms with Gasteiger partial charge in [-0.15, -0.1) is 0 Å². The van der Waals surface area contributed by atoms with Gasteiger partial charge < -0.3 is 23.7 Å². The summed E-state index contributed by atoms with van der Waals surface area (Å²) in [6.45, 7) is 4.18. The topological polar surface area (TPSA) is 63.2 Å². The first kappa shape index (κ1) is 17.0. The van der Waals surface area contributed by atoms with Gasteiger partial charge in [-0.05, 0) is 24.6 Å².